The van der Waals surface area contributed by atoms with Gasteiger partial charge < -0.3 is 5.11 Å². The fourth-order valence-electron chi connectivity index (χ4n) is 1.82. The van der Waals surface area contributed by atoms with Crippen LogP contribution in [0.1, 0.15) is 11.1 Å². The molecule has 110 valence electrons. The Hall–Kier alpha value is -2.47. The summed E-state index contributed by atoms with van der Waals surface area (Å²) in [4.78, 5) is 0. The SMILES string of the molecule is N#Cc1ccc(C2=C/C(=C\[O-])C=C2)cc1F.[Fe+2].c1cc[cH-]c1. The van der Waals surface area contributed by atoms with Gasteiger partial charge in [-0.15, -0.1) is 6.26 Å². The molecule has 0 fully saturated rings. The fourth-order valence-corrected chi connectivity index (χ4v) is 1.82. The number of hydrogen-bond acceptors (Lipinski definition) is 2. The molecule has 1 aliphatic rings. The second-order valence-electron chi connectivity index (χ2n) is 4.32. The second-order valence-corrected chi connectivity index (χ2v) is 4.32. The smallest absolute Gasteiger partial charge is 0.877 e. The maximum atomic E-state index is 13.3. The summed E-state index contributed by atoms with van der Waals surface area (Å²) in [6, 6.07) is 16.1. The molecule has 0 aromatic heterocycles. The molecule has 0 atom stereocenters. The summed E-state index contributed by atoms with van der Waals surface area (Å²) in [6.07, 6.45) is 5.82. The van der Waals surface area contributed by atoms with E-state index < -0.39 is 5.82 Å². The van der Waals surface area contributed by atoms with Crippen molar-refractivity contribution < 1.29 is 26.6 Å². The van der Waals surface area contributed by atoms with Gasteiger partial charge in [0.1, 0.15) is 11.9 Å². The largest absolute Gasteiger partial charge is 2.00 e. The van der Waals surface area contributed by atoms with Crippen molar-refractivity contribution in [1.82, 2.24) is 0 Å². The average Bonchev–Trinajstić information content (AvgIpc) is 3.21. The van der Waals surface area contributed by atoms with Crippen LogP contribution in [-0.4, -0.2) is 0 Å². The third-order valence-corrected chi connectivity index (χ3v) is 2.89. The zero-order chi connectivity index (χ0) is 15.1. The van der Waals surface area contributed by atoms with Gasteiger partial charge >= 0.3 is 17.1 Å². The van der Waals surface area contributed by atoms with Crippen LogP contribution in [0.3, 0.4) is 0 Å². The fraction of sp³-hybridized carbons (Fsp3) is 0. The molecule has 0 saturated heterocycles. The third-order valence-electron chi connectivity index (χ3n) is 2.89. The number of halogens is 1. The first-order valence-corrected chi connectivity index (χ1v) is 6.33. The molecule has 0 bridgehead atoms. The molecule has 0 heterocycles. The summed E-state index contributed by atoms with van der Waals surface area (Å²) in [5, 5.41) is 19.1. The Morgan fingerprint density at radius 1 is 1.18 bits per heavy atom. The van der Waals surface area contributed by atoms with E-state index in [4.69, 9.17) is 5.26 Å². The van der Waals surface area contributed by atoms with Crippen LogP contribution in [0.2, 0.25) is 0 Å². The van der Waals surface area contributed by atoms with Gasteiger partial charge in [0.2, 0.25) is 0 Å². The van der Waals surface area contributed by atoms with Crippen molar-refractivity contribution in [2.24, 2.45) is 0 Å². The Labute approximate surface area is 139 Å². The predicted molar refractivity (Wildman–Crippen MR) is 78.4 cm³/mol. The topological polar surface area (TPSA) is 46.8 Å². The van der Waals surface area contributed by atoms with Gasteiger partial charge in [-0.1, -0.05) is 18.2 Å². The summed E-state index contributed by atoms with van der Waals surface area (Å²) >= 11 is 0. The monoisotopic (exact) mass is 333 g/mol. The maximum absolute atomic E-state index is 13.3. The van der Waals surface area contributed by atoms with Gasteiger partial charge in [-0.05, 0) is 34.9 Å². The van der Waals surface area contributed by atoms with E-state index in [0.29, 0.717) is 11.1 Å². The molecule has 0 spiro atoms. The van der Waals surface area contributed by atoms with E-state index in [1.807, 2.05) is 30.3 Å². The molecule has 0 unspecified atom stereocenters. The van der Waals surface area contributed by atoms with E-state index in [2.05, 4.69) is 0 Å². The molecule has 2 aromatic rings. The normalized spacial score (nSPS) is 13.6. The first-order valence-electron chi connectivity index (χ1n) is 6.33. The van der Waals surface area contributed by atoms with Crippen LogP contribution >= 0.6 is 0 Å². The molecule has 3 rings (SSSR count). The van der Waals surface area contributed by atoms with E-state index in [0.717, 1.165) is 11.8 Å². The van der Waals surface area contributed by atoms with Gasteiger partial charge in [0.05, 0.1) is 5.56 Å². The molecular formula is C18H12FFeNO. The van der Waals surface area contributed by atoms with Gasteiger partial charge in [0.15, 0.2) is 0 Å². The summed E-state index contributed by atoms with van der Waals surface area (Å²) in [6.45, 7) is 0. The van der Waals surface area contributed by atoms with Crippen molar-refractivity contribution in [2.45, 2.75) is 0 Å². The number of hydrogen-bond donors (Lipinski definition) is 0. The van der Waals surface area contributed by atoms with Gasteiger partial charge in [0.25, 0.3) is 0 Å². The van der Waals surface area contributed by atoms with Crippen LogP contribution in [-0.2, 0) is 17.1 Å². The third kappa shape index (κ3) is 4.53. The summed E-state index contributed by atoms with van der Waals surface area (Å²) in [5.41, 5.74) is 2.00. The number of nitrogens with zero attached hydrogens (tertiary/aromatic N) is 1. The molecule has 0 aliphatic heterocycles. The molecule has 0 N–H and O–H groups in total. The molecule has 2 nitrogen and oxygen atoms in total. The van der Waals surface area contributed by atoms with Gasteiger partial charge in [-0.3, -0.25) is 0 Å². The van der Waals surface area contributed by atoms with Crippen molar-refractivity contribution in [1.29, 1.82) is 5.26 Å². The van der Waals surface area contributed by atoms with Crippen LogP contribution in [0, 0.1) is 17.1 Å². The Bertz CT molecular complexity index is 720. The maximum Gasteiger partial charge on any atom is 2.00 e. The number of rotatable bonds is 1. The van der Waals surface area contributed by atoms with Crippen LogP contribution in [0.5, 0.6) is 0 Å². The van der Waals surface area contributed by atoms with E-state index in [1.165, 1.54) is 12.1 Å². The molecule has 0 radical (unpaired) electrons. The van der Waals surface area contributed by atoms with Crippen molar-refractivity contribution in [3.8, 4) is 6.07 Å². The summed E-state index contributed by atoms with van der Waals surface area (Å²) < 4.78 is 13.3. The molecule has 0 amide bonds. The first-order chi connectivity index (χ1) is 10.2. The minimum Gasteiger partial charge on any atom is -0.877 e. The first kappa shape index (κ1) is 17.6. The van der Waals surface area contributed by atoms with E-state index in [9.17, 15) is 9.50 Å². The molecule has 2 aromatic carbocycles. The predicted octanol–water partition coefficient (Wildman–Crippen LogP) is 3.30. The number of allylic oxidation sites excluding steroid dienone is 5. The Kier molecular flexibility index (Phi) is 6.98. The molecule has 4 heteroatoms. The minimum absolute atomic E-state index is 0. The van der Waals surface area contributed by atoms with Crippen LogP contribution in [0.15, 0.2) is 78.6 Å². The van der Waals surface area contributed by atoms with Crippen LogP contribution < -0.4 is 5.11 Å². The molecule has 1 aliphatic carbocycles. The van der Waals surface area contributed by atoms with Crippen LogP contribution in [0.4, 0.5) is 4.39 Å². The zero-order valence-corrected chi connectivity index (χ0v) is 12.6. The van der Waals surface area contributed by atoms with E-state index in [1.54, 1.807) is 30.4 Å². The van der Waals surface area contributed by atoms with Crippen molar-refractivity contribution in [2.75, 3.05) is 0 Å². The van der Waals surface area contributed by atoms with Crippen molar-refractivity contribution >= 4 is 5.57 Å². The van der Waals surface area contributed by atoms with Gasteiger partial charge in [0, 0.05) is 0 Å². The zero-order valence-electron chi connectivity index (χ0n) is 11.5. The molecule has 22 heavy (non-hydrogen) atoms. The molecule has 0 saturated carbocycles. The minimum atomic E-state index is -0.547. The number of benzene rings is 1. The molecular weight excluding hydrogens is 321 g/mol. The Balaban J connectivity index is 0.000000344. The Morgan fingerprint density at radius 3 is 2.36 bits per heavy atom. The Morgan fingerprint density at radius 2 is 1.91 bits per heavy atom. The van der Waals surface area contributed by atoms with Crippen molar-refractivity contribution in [3.05, 3.63) is 95.5 Å². The summed E-state index contributed by atoms with van der Waals surface area (Å²) in [5.74, 6) is -0.547. The van der Waals surface area contributed by atoms with Crippen molar-refractivity contribution in [3.63, 3.8) is 0 Å². The van der Waals surface area contributed by atoms with Gasteiger partial charge in [-0.25, -0.2) is 16.5 Å². The second kappa shape index (κ2) is 8.74. The van der Waals surface area contributed by atoms with Gasteiger partial charge in [-0.2, -0.15) is 23.5 Å². The average molecular weight is 333 g/mol. The standard InChI is InChI=1S/C13H8FNO.C5H5.Fe/c14-13-6-11(3-4-12(13)7-15)10-2-1-9(5-10)8-16;1-2-4-5-3-1;/h1-6,8,16H;1-5H;/q;-1;+2/p-1/b9-8-;;. The van der Waals surface area contributed by atoms with Crippen LogP contribution in [0.25, 0.3) is 5.57 Å². The quantitative estimate of drug-likeness (QED) is 0.457. The van der Waals surface area contributed by atoms with E-state index in [-0.39, 0.29) is 22.6 Å². The van der Waals surface area contributed by atoms with E-state index >= 15 is 0 Å². The summed E-state index contributed by atoms with van der Waals surface area (Å²) in [7, 11) is 0. The number of nitriles is 1.